The summed E-state index contributed by atoms with van der Waals surface area (Å²) in [5.74, 6) is 0. The maximum atomic E-state index is 6.12. The Labute approximate surface area is 125 Å². The van der Waals surface area contributed by atoms with Crippen molar-refractivity contribution in [3.63, 3.8) is 0 Å². The van der Waals surface area contributed by atoms with Gasteiger partial charge in [-0.3, -0.25) is 5.43 Å². The Balaban J connectivity index is 2.28. The third kappa shape index (κ3) is 2.96. The molecule has 0 bridgehead atoms. The first-order chi connectivity index (χ1) is 8.59. The molecular weight excluding hydrogens is 314 g/mol. The molecule has 0 spiro atoms. The molecule has 2 rings (SSSR count). The number of rotatable bonds is 3. The maximum absolute atomic E-state index is 6.12. The van der Waals surface area contributed by atoms with Gasteiger partial charge in [-0.1, -0.05) is 53.0 Å². The van der Waals surface area contributed by atoms with Crippen molar-refractivity contribution >= 4 is 58.0 Å². The fourth-order valence-electron chi connectivity index (χ4n) is 1.39. The van der Waals surface area contributed by atoms with Crippen molar-refractivity contribution in [2.45, 2.75) is 0 Å². The lowest BCUT2D eigenvalue weighted by Crippen LogP contribution is -2.19. The van der Waals surface area contributed by atoms with Gasteiger partial charge in [0.05, 0.1) is 20.8 Å². The second-order valence-corrected chi connectivity index (χ2v) is 5.00. The molecule has 18 heavy (non-hydrogen) atoms. The number of para-hydroxylation sites is 2. The number of halogens is 4. The summed E-state index contributed by atoms with van der Waals surface area (Å²) in [4.78, 5) is 0. The normalized spacial score (nSPS) is 10.2. The number of benzene rings is 2. The summed E-state index contributed by atoms with van der Waals surface area (Å²) in [7, 11) is 0. The van der Waals surface area contributed by atoms with Crippen molar-refractivity contribution in [2.24, 2.45) is 0 Å². The average molecular weight is 322 g/mol. The molecule has 6 heteroatoms. The standard InChI is InChI=1S/C12H8Cl4N2/c13-8-4-1-2-7-11(8)17-18(16)12-9(14)5-3-6-10(12)15/h1-7,17H. The molecule has 0 aliphatic heterocycles. The monoisotopic (exact) mass is 320 g/mol. The molecule has 0 heterocycles. The SMILES string of the molecule is Clc1ccccc1NN(Cl)c1c(Cl)cccc1Cl. The predicted molar refractivity (Wildman–Crippen MR) is 79.9 cm³/mol. The lowest BCUT2D eigenvalue weighted by atomic mass is 10.3. The highest BCUT2D eigenvalue weighted by Gasteiger charge is 2.13. The van der Waals surface area contributed by atoms with E-state index in [0.717, 1.165) is 0 Å². The quantitative estimate of drug-likeness (QED) is 0.581. The molecule has 0 saturated carbocycles. The van der Waals surface area contributed by atoms with Gasteiger partial charge in [-0.05, 0) is 24.3 Å². The number of hydrazine groups is 1. The number of nitrogens with one attached hydrogen (secondary N) is 1. The van der Waals surface area contributed by atoms with Crippen LogP contribution in [-0.4, -0.2) is 0 Å². The Morgan fingerprint density at radius 1 is 0.778 bits per heavy atom. The van der Waals surface area contributed by atoms with Crippen molar-refractivity contribution < 1.29 is 0 Å². The van der Waals surface area contributed by atoms with Crippen LogP contribution in [0.3, 0.4) is 0 Å². The van der Waals surface area contributed by atoms with E-state index in [1.807, 2.05) is 12.1 Å². The van der Waals surface area contributed by atoms with Crippen LogP contribution in [-0.2, 0) is 0 Å². The van der Waals surface area contributed by atoms with Gasteiger partial charge < -0.3 is 0 Å². The molecule has 0 fully saturated rings. The summed E-state index contributed by atoms with van der Waals surface area (Å²) in [6.45, 7) is 0. The molecule has 0 aliphatic rings. The largest absolute Gasteiger partial charge is 0.282 e. The van der Waals surface area contributed by atoms with Gasteiger partial charge in [0.1, 0.15) is 5.69 Å². The van der Waals surface area contributed by atoms with E-state index in [9.17, 15) is 0 Å². The topological polar surface area (TPSA) is 15.3 Å². The number of hydrogen-bond donors (Lipinski definition) is 1. The molecule has 0 unspecified atom stereocenters. The molecular formula is C12H8Cl4N2. The zero-order chi connectivity index (χ0) is 13.1. The molecule has 2 nitrogen and oxygen atoms in total. The fraction of sp³-hybridized carbons (Fsp3) is 0. The molecule has 94 valence electrons. The highest BCUT2D eigenvalue weighted by molar-refractivity contribution is 6.42. The van der Waals surface area contributed by atoms with Gasteiger partial charge in [-0.15, -0.1) is 0 Å². The van der Waals surface area contributed by atoms with Crippen LogP contribution in [0.1, 0.15) is 0 Å². The zero-order valence-corrected chi connectivity index (χ0v) is 12.0. The minimum Gasteiger partial charge on any atom is -0.282 e. The Hall–Kier alpha value is -0.800. The first-order valence-corrected chi connectivity index (χ1v) is 6.48. The van der Waals surface area contributed by atoms with Crippen molar-refractivity contribution in [2.75, 3.05) is 9.95 Å². The van der Waals surface area contributed by atoms with Crippen LogP contribution >= 0.6 is 46.6 Å². The fourth-order valence-corrected chi connectivity index (χ4v) is 2.49. The molecule has 2 aromatic rings. The molecule has 0 aromatic heterocycles. The van der Waals surface area contributed by atoms with E-state index in [1.165, 1.54) is 4.53 Å². The number of anilines is 2. The van der Waals surface area contributed by atoms with Gasteiger partial charge in [-0.2, -0.15) is 4.53 Å². The molecule has 2 aromatic carbocycles. The van der Waals surface area contributed by atoms with Crippen molar-refractivity contribution in [3.8, 4) is 0 Å². The maximum Gasteiger partial charge on any atom is 0.113 e. The molecule has 0 atom stereocenters. The van der Waals surface area contributed by atoms with Crippen LogP contribution in [0.2, 0.25) is 15.1 Å². The summed E-state index contributed by atoms with van der Waals surface area (Å²) >= 11 is 24.2. The number of hydrogen-bond acceptors (Lipinski definition) is 2. The van der Waals surface area contributed by atoms with Crippen molar-refractivity contribution in [3.05, 3.63) is 57.5 Å². The van der Waals surface area contributed by atoms with E-state index in [4.69, 9.17) is 46.6 Å². The lowest BCUT2D eigenvalue weighted by Gasteiger charge is -2.20. The minimum absolute atomic E-state index is 0.442. The second kappa shape index (κ2) is 5.89. The number of nitrogens with zero attached hydrogens (tertiary/aromatic N) is 1. The van der Waals surface area contributed by atoms with Gasteiger partial charge in [0.15, 0.2) is 0 Å². The molecule has 1 N–H and O–H groups in total. The van der Waals surface area contributed by atoms with Gasteiger partial charge in [0.25, 0.3) is 0 Å². The van der Waals surface area contributed by atoms with Crippen LogP contribution in [0.4, 0.5) is 11.4 Å². The Kier molecular flexibility index (Phi) is 4.46. The Morgan fingerprint density at radius 2 is 1.33 bits per heavy atom. The van der Waals surface area contributed by atoms with E-state index in [-0.39, 0.29) is 0 Å². The molecule has 0 saturated heterocycles. The summed E-state index contributed by atoms with van der Waals surface area (Å²) in [5, 5.41) is 1.43. The third-order valence-corrected chi connectivity index (χ3v) is 3.42. The first kappa shape index (κ1) is 13.6. The second-order valence-electron chi connectivity index (χ2n) is 3.44. The van der Waals surface area contributed by atoms with Crippen molar-refractivity contribution in [1.82, 2.24) is 0 Å². The zero-order valence-electron chi connectivity index (χ0n) is 9.00. The van der Waals surface area contributed by atoms with Gasteiger partial charge in [0.2, 0.25) is 0 Å². The minimum atomic E-state index is 0.442. The van der Waals surface area contributed by atoms with Gasteiger partial charge in [-0.25, -0.2) is 0 Å². The van der Waals surface area contributed by atoms with E-state index < -0.39 is 0 Å². The van der Waals surface area contributed by atoms with Crippen LogP contribution in [0, 0.1) is 0 Å². The van der Waals surface area contributed by atoms with E-state index >= 15 is 0 Å². The van der Waals surface area contributed by atoms with Gasteiger partial charge >= 0.3 is 0 Å². The lowest BCUT2D eigenvalue weighted by molar-refractivity contribution is 1.27. The Morgan fingerprint density at radius 3 is 1.94 bits per heavy atom. The summed E-state index contributed by atoms with van der Waals surface area (Å²) < 4.78 is 1.21. The smallest absolute Gasteiger partial charge is 0.113 e. The van der Waals surface area contributed by atoms with Gasteiger partial charge in [0, 0.05) is 11.8 Å². The summed E-state index contributed by atoms with van der Waals surface area (Å²) in [5.41, 5.74) is 4.04. The van der Waals surface area contributed by atoms with Crippen LogP contribution in [0.15, 0.2) is 42.5 Å². The third-order valence-electron chi connectivity index (χ3n) is 2.23. The summed E-state index contributed by atoms with van der Waals surface area (Å²) in [6, 6.07) is 12.4. The van der Waals surface area contributed by atoms with Crippen LogP contribution in [0.5, 0.6) is 0 Å². The summed E-state index contributed by atoms with van der Waals surface area (Å²) in [6.07, 6.45) is 0. The molecule has 0 aliphatic carbocycles. The Bertz CT molecular complexity index is 539. The van der Waals surface area contributed by atoms with E-state index in [2.05, 4.69) is 5.43 Å². The molecule has 0 amide bonds. The average Bonchev–Trinajstić information content (AvgIpc) is 2.32. The highest BCUT2D eigenvalue weighted by Crippen LogP contribution is 2.35. The van der Waals surface area contributed by atoms with Crippen LogP contribution < -0.4 is 9.95 Å². The van der Waals surface area contributed by atoms with Crippen molar-refractivity contribution in [1.29, 1.82) is 0 Å². The van der Waals surface area contributed by atoms with E-state index in [1.54, 1.807) is 30.3 Å². The highest BCUT2D eigenvalue weighted by atomic mass is 35.5. The van der Waals surface area contributed by atoms with E-state index in [0.29, 0.717) is 26.4 Å². The first-order valence-electron chi connectivity index (χ1n) is 5.00. The van der Waals surface area contributed by atoms with Crippen LogP contribution in [0.25, 0.3) is 0 Å². The predicted octanol–water partition coefficient (Wildman–Crippen LogP) is 5.63. The molecule has 0 radical (unpaired) electrons.